The molecule has 0 saturated heterocycles. The van der Waals surface area contributed by atoms with Crippen molar-refractivity contribution in [3.05, 3.63) is 137 Å². The molecule has 0 N–H and O–H groups in total. The van der Waals surface area contributed by atoms with Crippen LogP contribution in [0.25, 0.3) is 11.1 Å². The number of hydrogen-bond donors (Lipinski definition) is 0. The fraction of sp³-hybridized carbons (Fsp3) is 0.392. The minimum absolute atomic E-state index is 0.0384. The van der Waals surface area contributed by atoms with Crippen LogP contribution in [0.3, 0.4) is 0 Å². The summed E-state index contributed by atoms with van der Waals surface area (Å²) >= 11 is 0. The zero-order chi connectivity index (χ0) is 40.8. The Morgan fingerprint density at radius 3 is 1.34 bits per heavy atom. The summed E-state index contributed by atoms with van der Waals surface area (Å²) in [5.74, 6) is 2.65. The zero-order valence-corrected chi connectivity index (χ0v) is 37.1. The molecular weight excluding hydrogens is 706 g/mol. The number of hydrogen-bond acceptors (Lipinski definition) is 4. The molecule has 1 aliphatic heterocycles. The van der Waals surface area contributed by atoms with E-state index in [-0.39, 0.29) is 27.7 Å². The number of ether oxygens (including phenoxy) is 3. The third-order valence-electron chi connectivity index (χ3n) is 10.7. The van der Waals surface area contributed by atoms with Crippen LogP contribution >= 0.6 is 7.92 Å². The summed E-state index contributed by atoms with van der Waals surface area (Å²) in [5.41, 5.74) is 8.70. The lowest BCUT2D eigenvalue weighted by Gasteiger charge is -2.34. The van der Waals surface area contributed by atoms with E-state index in [4.69, 9.17) is 19.2 Å². The van der Waals surface area contributed by atoms with Gasteiger partial charge in [-0.3, -0.25) is 0 Å². The van der Waals surface area contributed by atoms with E-state index in [9.17, 15) is 0 Å². The Labute approximate surface area is 338 Å². The lowest BCUT2D eigenvalue weighted by Crippen LogP contribution is -2.29. The van der Waals surface area contributed by atoms with Gasteiger partial charge in [0, 0.05) is 27.8 Å². The van der Waals surface area contributed by atoms with Crippen LogP contribution in [-0.2, 0) is 26.4 Å². The molecule has 0 radical (unpaired) electrons. The topological polar surface area (TPSA) is 40.0 Å². The van der Waals surface area contributed by atoms with Gasteiger partial charge in [-0.05, 0) is 92.5 Å². The second kappa shape index (κ2) is 15.5. The maximum Gasteiger partial charge on any atom is 0.217 e. The summed E-state index contributed by atoms with van der Waals surface area (Å²) in [6.07, 6.45) is 0. The van der Waals surface area contributed by atoms with E-state index in [0.29, 0.717) is 12.5 Å². The minimum Gasteiger partial charge on any atom is -0.496 e. The van der Waals surface area contributed by atoms with Gasteiger partial charge < -0.3 is 14.2 Å². The predicted molar refractivity (Wildman–Crippen MR) is 240 cm³/mol. The maximum atomic E-state index is 6.43. The largest absolute Gasteiger partial charge is 0.496 e. The van der Waals surface area contributed by atoms with Crippen molar-refractivity contribution in [3.8, 4) is 22.6 Å². The second-order valence-electron chi connectivity index (χ2n) is 19.2. The number of aliphatic imine (C=N–C) groups is 1. The molecule has 0 aliphatic carbocycles. The molecular formula is C51H62NO3P. The fourth-order valence-electron chi connectivity index (χ4n) is 7.75. The van der Waals surface area contributed by atoms with Crippen molar-refractivity contribution in [2.45, 2.75) is 111 Å². The van der Waals surface area contributed by atoms with Crippen LogP contribution in [0.5, 0.6) is 11.5 Å². The van der Waals surface area contributed by atoms with Crippen LogP contribution in [-0.4, -0.2) is 26.7 Å². The van der Waals surface area contributed by atoms with Gasteiger partial charge in [-0.1, -0.05) is 156 Å². The molecule has 0 amide bonds. The Balaban J connectivity index is 1.70. The molecule has 294 valence electrons. The summed E-state index contributed by atoms with van der Waals surface area (Å²) in [6, 6.07) is 37.8. The Kier molecular flexibility index (Phi) is 11.4. The molecule has 0 aromatic heterocycles. The lowest BCUT2D eigenvalue weighted by atomic mass is 9.79. The molecule has 0 saturated carbocycles. The van der Waals surface area contributed by atoms with E-state index < -0.39 is 7.92 Å². The first-order valence-corrected chi connectivity index (χ1v) is 21.3. The standard InChI is InChI=1S/C51H62NO3P/c1-48(2,3)39-28-34(29-40(45(39)53-13)49(4,5)6)56(35-30-41(50(7,8)9)46(54-14)42(31-35)51(10,11)12)44-27-21-20-25-37(44)36-24-18-19-26-38(36)47-52-43(32-55-47)33-22-16-15-17-23-33/h15-31,43H,32H2,1-14H3/t43-/m1/s1. The molecule has 0 unspecified atom stereocenters. The Hall–Kier alpha value is -4.40. The highest BCUT2D eigenvalue weighted by Gasteiger charge is 2.34. The van der Waals surface area contributed by atoms with Crippen LogP contribution in [0.2, 0.25) is 0 Å². The highest BCUT2D eigenvalue weighted by molar-refractivity contribution is 7.80. The van der Waals surface area contributed by atoms with E-state index >= 15 is 0 Å². The van der Waals surface area contributed by atoms with Gasteiger partial charge in [-0.15, -0.1) is 0 Å². The summed E-state index contributed by atoms with van der Waals surface area (Å²) in [6.45, 7) is 28.0. The van der Waals surface area contributed by atoms with Crippen molar-refractivity contribution in [1.29, 1.82) is 0 Å². The molecule has 5 aromatic rings. The summed E-state index contributed by atoms with van der Waals surface area (Å²) in [5, 5.41) is 3.87. The number of methoxy groups -OCH3 is 2. The van der Waals surface area contributed by atoms with E-state index in [1.165, 1.54) is 43.7 Å². The van der Waals surface area contributed by atoms with Crippen LogP contribution in [0, 0.1) is 0 Å². The predicted octanol–water partition coefficient (Wildman–Crippen LogP) is 11.8. The Morgan fingerprint density at radius 1 is 0.518 bits per heavy atom. The third kappa shape index (κ3) is 8.33. The van der Waals surface area contributed by atoms with Crippen LogP contribution in [0.1, 0.15) is 123 Å². The molecule has 4 nitrogen and oxygen atoms in total. The van der Waals surface area contributed by atoms with Gasteiger partial charge in [0.2, 0.25) is 5.90 Å². The molecule has 0 spiro atoms. The van der Waals surface area contributed by atoms with Crippen molar-refractivity contribution < 1.29 is 14.2 Å². The summed E-state index contributed by atoms with van der Waals surface area (Å²) in [4.78, 5) is 5.17. The van der Waals surface area contributed by atoms with Gasteiger partial charge in [0.25, 0.3) is 0 Å². The summed E-state index contributed by atoms with van der Waals surface area (Å²) in [7, 11) is 2.50. The quantitative estimate of drug-likeness (QED) is 0.148. The van der Waals surface area contributed by atoms with Crippen molar-refractivity contribution >= 4 is 29.7 Å². The van der Waals surface area contributed by atoms with Crippen molar-refractivity contribution in [2.24, 2.45) is 4.99 Å². The van der Waals surface area contributed by atoms with Gasteiger partial charge in [0.1, 0.15) is 24.1 Å². The SMILES string of the molecule is COc1c(C(C)(C)C)cc(P(c2cc(C(C)(C)C)c(OC)c(C(C)(C)C)c2)c2ccccc2-c2ccccc2C2=N[C@@H](c3ccccc3)CO2)cc1C(C)(C)C. The van der Waals surface area contributed by atoms with Gasteiger partial charge in [0.05, 0.1) is 14.2 Å². The molecule has 1 aliphatic rings. The van der Waals surface area contributed by atoms with Crippen LogP contribution in [0.15, 0.2) is 108 Å². The number of rotatable bonds is 8. The average molecular weight is 768 g/mol. The molecule has 1 atom stereocenters. The normalized spacial score (nSPS) is 15.1. The lowest BCUT2D eigenvalue weighted by molar-refractivity contribution is 0.320. The fourth-order valence-corrected chi connectivity index (χ4v) is 10.3. The van der Waals surface area contributed by atoms with Crippen LogP contribution in [0.4, 0.5) is 0 Å². The monoisotopic (exact) mass is 767 g/mol. The smallest absolute Gasteiger partial charge is 0.217 e. The van der Waals surface area contributed by atoms with E-state index in [1.807, 2.05) is 20.3 Å². The number of nitrogens with zero attached hydrogens (tertiary/aromatic N) is 1. The summed E-state index contributed by atoms with van der Waals surface area (Å²) < 4.78 is 19.0. The highest BCUT2D eigenvalue weighted by atomic mass is 31.1. The molecule has 6 rings (SSSR count). The zero-order valence-electron chi connectivity index (χ0n) is 36.2. The first-order valence-electron chi connectivity index (χ1n) is 19.9. The second-order valence-corrected chi connectivity index (χ2v) is 21.4. The van der Waals surface area contributed by atoms with Gasteiger partial charge in [-0.2, -0.15) is 0 Å². The maximum absolute atomic E-state index is 6.43. The van der Waals surface area contributed by atoms with Crippen molar-refractivity contribution in [3.63, 3.8) is 0 Å². The third-order valence-corrected chi connectivity index (χ3v) is 13.2. The molecule has 5 aromatic carbocycles. The van der Waals surface area contributed by atoms with Crippen LogP contribution < -0.4 is 25.4 Å². The van der Waals surface area contributed by atoms with Gasteiger partial charge >= 0.3 is 0 Å². The average Bonchev–Trinajstić information content (AvgIpc) is 3.64. The Morgan fingerprint density at radius 2 is 0.911 bits per heavy atom. The van der Waals surface area contributed by atoms with Gasteiger partial charge in [-0.25, -0.2) is 4.99 Å². The van der Waals surface area contributed by atoms with Gasteiger partial charge in [0.15, 0.2) is 0 Å². The molecule has 5 heteroatoms. The number of benzene rings is 5. The molecule has 0 fully saturated rings. The van der Waals surface area contributed by atoms with Crippen molar-refractivity contribution in [1.82, 2.24) is 0 Å². The molecule has 1 heterocycles. The Bertz CT molecular complexity index is 2070. The van der Waals surface area contributed by atoms with Crippen molar-refractivity contribution in [2.75, 3.05) is 20.8 Å². The first kappa shape index (κ1) is 41.2. The molecule has 56 heavy (non-hydrogen) atoms. The van der Waals surface area contributed by atoms with E-state index in [1.54, 1.807) is 0 Å². The first-order chi connectivity index (χ1) is 26.2. The minimum atomic E-state index is -1.14. The highest BCUT2D eigenvalue weighted by Crippen LogP contribution is 2.47. The molecule has 0 bridgehead atoms. The van der Waals surface area contributed by atoms with E-state index in [0.717, 1.165) is 28.2 Å². The van der Waals surface area contributed by atoms with E-state index in [2.05, 4.69) is 180 Å².